The van der Waals surface area contributed by atoms with E-state index in [4.69, 9.17) is 31.6 Å². The minimum Gasteiger partial charge on any atom is -1.00 e. The van der Waals surface area contributed by atoms with Gasteiger partial charge in [0.1, 0.15) is 0 Å². The second kappa shape index (κ2) is 429. The molecule has 0 N–H and O–H groups in total. The zero-order valence-electron chi connectivity index (χ0n) is 8.85. The molecule has 64 valence electrons. The Labute approximate surface area is 121 Å². The van der Waals surface area contributed by atoms with Gasteiger partial charge in [0, 0.05) is 39.4 Å². The molecule has 0 aromatic rings. The van der Waals surface area contributed by atoms with Gasteiger partial charge < -0.3 is 2.85 Å². The van der Waals surface area contributed by atoms with E-state index >= 15 is 0 Å². The van der Waals surface area contributed by atoms with Crippen molar-refractivity contribution < 1.29 is 2.85 Å². The minimum atomic E-state index is 0. The third-order valence-corrected chi connectivity index (χ3v) is 0. The Morgan fingerprint density at radius 2 is 0.385 bits per heavy atom. The van der Waals surface area contributed by atoms with E-state index in [1.54, 1.807) is 0 Å². The summed E-state index contributed by atoms with van der Waals surface area (Å²) < 4.78 is 0. The van der Waals surface area contributed by atoms with Crippen LogP contribution in [-0.4, -0.2) is 48.9 Å². The fraction of sp³-hybridized carbons (Fsp3) is 0. The molecule has 0 heterocycles. The average molecular weight is 301 g/mol. The molecule has 0 aliphatic rings. The molecule has 0 saturated carbocycles. The number of rotatable bonds is 0. The van der Waals surface area contributed by atoms with Gasteiger partial charge in [-0.25, -0.2) is 31.6 Å². The first-order valence-corrected chi connectivity index (χ1v) is 1.55. The predicted molar refractivity (Wildman–Crippen MR) is 48.0 cm³/mol. The molecule has 7 heteroatoms. The maximum atomic E-state index is 6.50. The Balaban J connectivity index is -0.00000000396. The van der Waals surface area contributed by atoms with Crippen LogP contribution in [0.5, 0.6) is 0 Å². The van der Waals surface area contributed by atoms with Crippen molar-refractivity contribution in [2.45, 2.75) is 0 Å². The first-order valence-electron chi connectivity index (χ1n) is 1.55. The fourth-order valence-electron chi connectivity index (χ4n) is 0. The Morgan fingerprint density at radius 1 is 0.385 bits per heavy atom. The van der Waals surface area contributed by atoms with Gasteiger partial charge in [-0.2, -0.15) is 0 Å². The Bertz CT molecular complexity index is 101. The van der Waals surface area contributed by atoms with Crippen molar-refractivity contribution in [3.05, 3.63) is 0 Å². The van der Waals surface area contributed by atoms with Crippen LogP contribution in [0.4, 0.5) is 0 Å². The topological polar surface area (TPSA) is 143 Å². The van der Waals surface area contributed by atoms with Gasteiger partial charge >= 0.3 is 48.9 Å². The standard InChI is InChI=1S/6CHN.Ba.2H/c6*1-2;;;/h6*1H;;;/q;;;;;;+2;2*-1. The molecule has 0 rings (SSSR count). The van der Waals surface area contributed by atoms with E-state index in [1.807, 2.05) is 0 Å². The zero-order valence-corrected chi connectivity index (χ0v) is 11.3. The van der Waals surface area contributed by atoms with Crippen molar-refractivity contribution in [1.82, 2.24) is 0 Å². The number of hydrogen-bond donors (Lipinski definition) is 0. The van der Waals surface area contributed by atoms with Crippen LogP contribution in [0.1, 0.15) is 2.85 Å². The molecular formula is C6H8BaN6. The number of nitriles is 6. The summed E-state index contributed by atoms with van der Waals surface area (Å²) in [5.41, 5.74) is 0. The van der Waals surface area contributed by atoms with Crippen molar-refractivity contribution in [2.75, 3.05) is 0 Å². The molecule has 0 spiro atoms. The van der Waals surface area contributed by atoms with Gasteiger partial charge in [-0.1, -0.05) is 0 Å². The van der Waals surface area contributed by atoms with E-state index in [-0.39, 0.29) is 51.7 Å². The minimum absolute atomic E-state index is 0. The quantitative estimate of drug-likeness (QED) is 0.602. The van der Waals surface area contributed by atoms with Crippen molar-refractivity contribution in [3.63, 3.8) is 0 Å². The van der Waals surface area contributed by atoms with Gasteiger partial charge in [-0.3, -0.25) is 0 Å². The summed E-state index contributed by atoms with van der Waals surface area (Å²) in [5, 5.41) is 39.0. The molecule has 13 heavy (non-hydrogen) atoms. The van der Waals surface area contributed by atoms with Crippen LogP contribution in [-0.2, 0) is 0 Å². The van der Waals surface area contributed by atoms with Crippen LogP contribution < -0.4 is 0 Å². The summed E-state index contributed by atoms with van der Waals surface area (Å²) in [6.07, 6.45) is 0. The van der Waals surface area contributed by atoms with E-state index in [1.165, 1.54) is 0 Å². The van der Waals surface area contributed by atoms with Crippen molar-refractivity contribution >= 4 is 48.9 Å². The van der Waals surface area contributed by atoms with Crippen LogP contribution >= 0.6 is 0 Å². The van der Waals surface area contributed by atoms with E-state index in [2.05, 4.69) is 39.4 Å². The summed E-state index contributed by atoms with van der Waals surface area (Å²) in [7, 11) is 0. The molecule has 0 radical (unpaired) electrons. The average Bonchev–Trinajstić information content (AvgIpc) is 2.33. The molecule has 6 nitrogen and oxygen atoms in total. The summed E-state index contributed by atoms with van der Waals surface area (Å²) in [6.45, 7) is 21.0. The summed E-state index contributed by atoms with van der Waals surface area (Å²) in [5.74, 6) is 0. The third kappa shape index (κ3) is 344. The monoisotopic (exact) mass is 302 g/mol. The molecule has 0 saturated heterocycles. The molecule has 0 aliphatic heterocycles. The number of nitrogens with zero attached hydrogens (tertiary/aromatic N) is 6. The molecule has 0 unspecified atom stereocenters. The van der Waals surface area contributed by atoms with Gasteiger partial charge in [0.2, 0.25) is 0 Å². The van der Waals surface area contributed by atoms with Gasteiger partial charge in [-0.15, -0.1) is 0 Å². The van der Waals surface area contributed by atoms with Gasteiger partial charge in [0.15, 0.2) is 0 Å². The van der Waals surface area contributed by atoms with Crippen molar-refractivity contribution in [3.8, 4) is 39.4 Å². The largest absolute Gasteiger partial charge is 2.00 e. The normalized spacial score (nSPS) is 0.923. The summed E-state index contributed by atoms with van der Waals surface area (Å²) in [6, 6.07) is 0. The van der Waals surface area contributed by atoms with Gasteiger partial charge in [0.25, 0.3) is 0 Å². The van der Waals surface area contributed by atoms with Crippen molar-refractivity contribution in [2.24, 2.45) is 0 Å². The predicted octanol–water partition coefficient (Wildman–Crippen LogP) is 0.683. The molecule has 0 atom stereocenters. The Morgan fingerprint density at radius 3 is 0.385 bits per heavy atom. The molecule has 0 aliphatic carbocycles. The van der Waals surface area contributed by atoms with Crippen LogP contribution in [0, 0.1) is 71.0 Å². The van der Waals surface area contributed by atoms with E-state index in [0.29, 0.717) is 0 Å². The fourth-order valence-corrected chi connectivity index (χ4v) is 0. The molecule has 0 aromatic carbocycles. The first-order chi connectivity index (χ1) is 6.00. The maximum Gasteiger partial charge on any atom is 2.00 e. The summed E-state index contributed by atoms with van der Waals surface area (Å²) >= 11 is 0. The van der Waals surface area contributed by atoms with Crippen LogP contribution in [0.25, 0.3) is 0 Å². The van der Waals surface area contributed by atoms with E-state index in [9.17, 15) is 0 Å². The smallest absolute Gasteiger partial charge is 1.00 e. The summed E-state index contributed by atoms with van der Waals surface area (Å²) in [4.78, 5) is 0. The van der Waals surface area contributed by atoms with E-state index < -0.39 is 0 Å². The SMILES string of the molecule is C#N.C#N.C#N.C#N.C#N.C#N.[Ba+2].[H-].[H-]. The Kier molecular flexibility index (Phi) is 2060. The molecular weight excluding hydrogens is 293 g/mol. The second-order valence-electron chi connectivity index (χ2n) is 0. The first kappa shape index (κ1) is 62.5. The van der Waals surface area contributed by atoms with Crippen LogP contribution in [0.15, 0.2) is 0 Å². The van der Waals surface area contributed by atoms with E-state index in [0.717, 1.165) is 0 Å². The maximum absolute atomic E-state index is 6.50. The Hall–Kier alpha value is -1.49. The van der Waals surface area contributed by atoms with Crippen LogP contribution in [0.3, 0.4) is 0 Å². The van der Waals surface area contributed by atoms with Gasteiger partial charge in [0.05, 0.1) is 0 Å². The molecule has 0 amide bonds. The van der Waals surface area contributed by atoms with Crippen molar-refractivity contribution in [1.29, 1.82) is 31.6 Å². The number of hydrogen-bond acceptors (Lipinski definition) is 6. The zero-order chi connectivity index (χ0) is 12.0. The van der Waals surface area contributed by atoms with Gasteiger partial charge in [-0.05, 0) is 0 Å². The molecule has 0 bridgehead atoms. The molecule has 0 aromatic heterocycles. The molecule has 0 fully saturated rings. The second-order valence-corrected chi connectivity index (χ2v) is 0. The third-order valence-electron chi connectivity index (χ3n) is 0. The van der Waals surface area contributed by atoms with Crippen LogP contribution in [0.2, 0.25) is 0 Å².